The number of carboxylic acids is 1. The van der Waals surface area contributed by atoms with Crippen molar-refractivity contribution in [2.24, 2.45) is 0 Å². The van der Waals surface area contributed by atoms with Gasteiger partial charge in [0, 0.05) is 17.6 Å². The van der Waals surface area contributed by atoms with Crippen molar-refractivity contribution in [3.05, 3.63) is 59.1 Å². The van der Waals surface area contributed by atoms with Crippen LogP contribution >= 0.6 is 11.6 Å². The minimum absolute atomic E-state index is 0.0454. The van der Waals surface area contributed by atoms with Crippen LogP contribution in [0.2, 0.25) is 5.02 Å². The molecule has 2 rings (SSSR count). The second-order valence-corrected chi connectivity index (χ2v) is 7.68. The van der Waals surface area contributed by atoms with Gasteiger partial charge in [-0.1, -0.05) is 23.7 Å². The zero-order chi connectivity index (χ0) is 19.3. The van der Waals surface area contributed by atoms with Gasteiger partial charge in [0.25, 0.3) is 0 Å². The molecule has 138 valence electrons. The molecule has 0 fully saturated rings. The predicted molar refractivity (Wildman–Crippen MR) is 97.5 cm³/mol. The number of amides is 1. The molecule has 0 heterocycles. The van der Waals surface area contributed by atoms with Crippen LogP contribution < -0.4 is 10.0 Å². The molecule has 1 atom stereocenters. The van der Waals surface area contributed by atoms with Gasteiger partial charge in [0.1, 0.15) is 0 Å². The summed E-state index contributed by atoms with van der Waals surface area (Å²) in [6, 6.07) is 10.8. The lowest BCUT2D eigenvalue weighted by Crippen LogP contribution is -2.30. The molecule has 3 N–H and O–H groups in total. The maximum Gasteiger partial charge on any atom is 0.305 e. The summed E-state index contributed by atoms with van der Waals surface area (Å²) >= 11 is 5.82. The number of rotatable bonds is 7. The predicted octanol–water partition coefficient (Wildman–Crippen LogP) is 2.79. The molecule has 0 saturated heterocycles. The van der Waals surface area contributed by atoms with Gasteiger partial charge in [-0.15, -0.1) is 0 Å². The third-order valence-electron chi connectivity index (χ3n) is 3.43. The molecule has 2 aromatic carbocycles. The zero-order valence-corrected chi connectivity index (χ0v) is 15.3. The molecule has 0 saturated carbocycles. The lowest BCUT2D eigenvalue weighted by Gasteiger charge is -2.18. The summed E-state index contributed by atoms with van der Waals surface area (Å²) in [5, 5.41) is 12.1. The van der Waals surface area contributed by atoms with Crippen LogP contribution in [0.3, 0.4) is 0 Å². The van der Waals surface area contributed by atoms with Crippen LogP contribution in [-0.2, 0) is 19.6 Å². The van der Waals surface area contributed by atoms with E-state index < -0.39 is 28.5 Å². The standard InChI is InChI=1S/C17H17ClN2O5S/c1-11(21)19-14-6-8-15(9-7-14)26(24,25)20-16(10-17(22)23)12-2-4-13(18)5-3-12/h2-9,16,20H,10H2,1H3,(H,19,21)(H,22,23)/t16-/m0/s1. The number of halogens is 1. The zero-order valence-electron chi connectivity index (χ0n) is 13.8. The van der Waals surface area contributed by atoms with Crippen molar-refractivity contribution < 1.29 is 23.1 Å². The van der Waals surface area contributed by atoms with E-state index in [0.717, 1.165) is 0 Å². The summed E-state index contributed by atoms with van der Waals surface area (Å²) in [5.74, 6) is -1.42. The average molecular weight is 397 g/mol. The van der Waals surface area contributed by atoms with Gasteiger partial charge in [-0.25, -0.2) is 13.1 Å². The summed E-state index contributed by atoms with van der Waals surface area (Å²) in [5.41, 5.74) is 0.937. The number of benzene rings is 2. The Hall–Kier alpha value is -2.42. The van der Waals surface area contributed by atoms with Crippen LogP contribution in [-0.4, -0.2) is 25.4 Å². The molecule has 0 unspecified atom stereocenters. The number of nitrogens with one attached hydrogen (secondary N) is 2. The van der Waals surface area contributed by atoms with Crippen molar-refractivity contribution in [2.45, 2.75) is 24.3 Å². The Kier molecular flexibility index (Phi) is 6.36. The van der Waals surface area contributed by atoms with E-state index in [1.165, 1.54) is 31.2 Å². The Labute approximate surface area is 156 Å². The molecule has 0 radical (unpaired) electrons. The molecule has 0 aliphatic heterocycles. The van der Waals surface area contributed by atoms with Crippen LogP contribution in [0.15, 0.2) is 53.4 Å². The molecule has 9 heteroatoms. The van der Waals surface area contributed by atoms with Crippen molar-refractivity contribution in [2.75, 3.05) is 5.32 Å². The van der Waals surface area contributed by atoms with Crippen molar-refractivity contribution in [1.29, 1.82) is 0 Å². The van der Waals surface area contributed by atoms with Crippen LogP contribution in [0.4, 0.5) is 5.69 Å². The second-order valence-electron chi connectivity index (χ2n) is 5.53. The molecule has 0 aliphatic rings. The van der Waals surface area contributed by atoms with Gasteiger partial charge < -0.3 is 10.4 Å². The van der Waals surface area contributed by atoms with E-state index in [-0.39, 0.29) is 10.8 Å². The highest BCUT2D eigenvalue weighted by molar-refractivity contribution is 7.89. The number of carbonyl (C=O) groups is 2. The summed E-state index contributed by atoms with van der Waals surface area (Å²) in [6.45, 7) is 1.34. The van der Waals surface area contributed by atoms with E-state index in [4.69, 9.17) is 16.7 Å². The second kappa shape index (κ2) is 8.31. The molecule has 0 aromatic heterocycles. The lowest BCUT2D eigenvalue weighted by atomic mass is 10.1. The summed E-state index contributed by atoms with van der Waals surface area (Å²) in [4.78, 5) is 22.1. The van der Waals surface area contributed by atoms with E-state index in [2.05, 4.69) is 10.0 Å². The van der Waals surface area contributed by atoms with Gasteiger partial charge in [0.05, 0.1) is 17.4 Å². The Morgan fingerprint density at radius 1 is 1.08 bits per heavy atom. The number of hydrogen-bond acceptors (Lipinski definition) is 4. The van der Waals surface area contributed by atoms with E-state index in [9.17, 15) is 18.0 Å². The Balaban J connectivity index is 2.26. The molecule has 0 spiro atoms. The molecule has 0 bridgehead atoms. The molecular weight excluding hydrogens is 380 g/mol. The van der Waals surface area contributed by atoms with E-state index >= 15 is 0 Å². The Morgan fingerprint density at radius 2 is 1.65 bits per heavy atom. The third-order valence-corrected chi connectivity index (χ3v) is 5.17. The monoisotopic (exact) mass is 396 g/mol. The van der Waals surface area contributed by atoms with E-state index in [1.54, 1.807) is 24.3 Å². The van der Waals surface area contributed by atoms with Gasteiger partial charge in [0.2, 0.25) is 15.9 Å². The third kappa shape index (κ3) is 5.55. The van der Waals surface area contributed by atoms with Crippen LogP contribution in [0, 0.1) is 0 Å². The molecule has 0 aliphatic carbocycles. The van der Waals surface area contributed by atoms with Crippen molar-refractivity contribution in [1.82, 2.24) is 4.72 Å². The maximum absolute atomic E-state index is 12.6. The summed E-state index contributed by atoms with van der Waals surface area (Å²) in [6.07, 6.45) is -0.426. The SMILES string of the molecule is CC(=O)Nc1ccc(S(=O)(=O)N[C@@H](CC(=O)O)c2ccc(Cl)cc2)cc1. The normalized spacial score (nSPS) is 12.4. The van der Waals surface area contributed by atoms with Crippen molar-refractivity contribution in [3.8, 4) is 0 Å². The van der Waals surface area contributed by atoms with Gasteiger partial charge in [-0.2, -0.15) is 0 Å². The number of anilines is 1. The Morgan fingerprint density at radius 3 is 2.15 bits per heavy atom. The fraction of sp³-hybridized carbons (Fsp3) is 0.176. The van der Waals surface area contributed by atoms with Crippen molar-refractivity contribution >= 4 is 39.2 Å². The first-order chi connectivity index (χ1) is 12.2. The summed E-state index contributed by atoms with van der Waals surface area (Å²) in [7, 11) is -3.97. The van der Waals surface area contributed by atoms with Gasteiger partial charge in [-0.3, -0.25) is 9.59 Å². The number of carboxylic acid groups (broad SMARTS) is 1. The highest BCUT2D eigenvalue weighted by Crippen LogP contribution is 2.23. The highest BCUT2D eigenvalue weighted by Gasteiger charge is 2.23. The van der Waals surface area contributed by atoms with Crippen LogP contribution in [0.25, 0.3) is 0 Å². The van der Waals surface area contributed by atoms with Crippen LogP contribution in [0.1, 0.15) is 24.9 Å². The number of carbonyl (C=O) groups excluding carboxylic acids is 1. The van der Waals surface area contributed by atoms with Crippen LogP contribution in [0.5, 0.6) is 0 Å². The first-order valence-corrected chi connectivity index (χ1v) is 9.41. The van der Waals surface area contributed by atoms with Gasteiger partial charge in [0.15, 0.2) is 0 Å². The molecule has 26 heavy (non-hydrogen) atoms. The average Bonchev–Trinajstić information content (AvgIpc) is 2.54. The van der Waals surface area contributed by atoms with Gasteiger partial charge in [-0.05, 0) is 42.0 Å². The lowest BCUT2D eigenvalue weighted by molar-refractivity contribution is -0.137. The van der Waals surface area contributed by atoms with Gasteiger partial charge >= 0.3 is 5.97 Å². The number of hydrogen-bond donors (Lipinski definition) is 3. The van der Waals surface area contributed by atoms with E-state index in [1.807, 2.05) is 0 Å². The van der Waals surface area contributed by atoms with Crippen molar-refractivity contribution in [3.63, 3.8) is 0 Å². The molecule has 7 nitrogen and oxygen atoms in total. The topological polar surface area (TPSA) is 113 Å². The maximum atomic E-state index is 12.6. The fourth-order valence-corrected chi connectivity index (χ4v) is 3.62. The molecule has 1 amide bonds. The number of aliphatic carboxylic acids is 1. The Bertz CT molecular complexity index is 896. The quantitative estimate of drug-likeness (QED) is 0.666. The minimum Gasteiger partial charge on any atom is -0.481 e. The molecular formula is C17H17ClN2O5S. The smallest absolute Gasteiger partial charge is 0.305 e. The first kappa shape index (κ1) is 19.9. The fourth-order valence-electron chi connectivity index (χ4n) is 2.27. The highest BCUT2D eigenvalue weighted by atomic mass is 35.5. The summed E-state index contributed by atoms with van der Waals surface area (Å²) < 4.78 is 27.6. The number of sulfonamides is 1. The molecule has 2 aromatic rings. The van der Waals surface area contributed by atoms with E-state index in [0.29, 0.717) is 16.3 Å². The first-order valence-electron chi connectivity index (χ1n) is 7.54. The minimum atomic E-state index is -3.97. The largest absolute Gasteiger partial charge is 0.481 e.